The normalized spacial score (nSPS) is 15.2. The first-order chi connectivity index (χ1) is 12.8. The summed E-state index contributed by atoms with van der Waals surface area (Å²) in [5.74, 6) is 0.600. The average molecular weight is 353 g/mol. The van der Waals surface area contributed by atoms with Gasteiger partial charge in [0.1, 0.15) is 6.10 Å². The van der Waals surface area contributed by atoms with Gasteiger partial charge in [0.05, 0.1) is 7.11 Å². The standard InChI is InChI=1S/C22H27NO3/c1-25-22(24)23-15-12-18(13-16-23)14-17-26-21(19-8-4-2-5-9-19)20-10-6-3-7-11-20/h2-11,18,21H,12-17H2,1H3. The third-order valence-corrected chi connectivity index (χ3v) is 5.06. The molecule has 2 aromatic carbocycles. The Kier molecular flexibility index (Phi) is 6.67. The number of piperidine rings is 1. The van der Waals surface area contributed by atoms with Gasteiger partial charge in [0.25, 0.3) is 0 Å². The molecular weight excluding hydrogens is 326 g/mol. The topological polar surface area (TPSA) is 38.8 Å². The van der Waals surface area contributed by atoms with Crippen LogP contribution in [0, 0.1) is 5.92 Å². The van der Waals surface area contributed by atoms with Crippen LogP contribution < -0.4 is 0 Å². The fourth-order valence-electron chi connectivity index (χ4n) is 3.53. The molecule has 1 aliphatic heterocycles. The molecule has 1 saturated heterocycles. The molecule has 0 radical (unpaired) electrons. The van der Waals surface area contributed by atoms with Gasteiger partial charge in [0.2, 0.25) is 0 Å². The van der Waals surface area contributed by atoms with Gasteiger partial charge in [0, 0.05) is 19.7 Å². The molecule has 1 fully saturated rings. The van der Waals surface area contributed by atoms with Gasteiger partial charge in [-0.1, -0.05) is 60.7 Å². The predicted octanol–water partition coefficient (Wildman–Crippen LogP) is 4.66. The van der Waals surface area contributed by atoms with E-state index in [9.17, 15) is 4.79 Å². The van der Waals surface area contributed by atoms with Gasteiger partial charge in [0.15, 0.2) is 0 Å². The Labute approximate surface area is 155 Å². The fraction of sp³-hybridized carbons (Fsp3) is 0.409. The third-order valence-electron chi connectivity index (χ3n) is 5.06. The highest BCUT2D eigenvalue weighted by atomic mass is 16.5. The molecule has 2 aromatic rings. The average Bonchev–Trinajstić information content (AvgIpc) is 2.72. The van der Waals surface area contributed by atoms with E-state index in [0.717, 1.165) is 39.0 Å². The van der Waals surface area contributed by atoms with Gasteiger partial charge in [-0.3, -0.25) is 0 Å². The van der Waals surface area contributed by atoms with Gasteiger partial charge in [-0.2, -0.15) is 0 Å². The van der Waals surface area contributed by atoms with Crippen LogP contribution in [-0.4, -0.2) is 37.8 Å². The molecule has 4 heteroatoms. The first-order valence-corrected chi connectivity index (χ1v) is 9.32. The molecule has 1 amide bonds. The van der Waals surface area contributed by atoms with Crippen molar-refractivity contribution in [1.82, 2.24) is 4.90 Å². The molecule has 0 saturated carbocycles. The van der Waals surface area contributed by atoms with Gasteiger partial charge < -0.3 is 14.4 Å². The summed E-state index contributed by atoms with van der Waals surface area (Å²) in [6.45, 7) is 2.27. The summed E-state index contributed by atoms with van der Waals surface area (Å²) in [5.41, 5.74) is 2.36. The SMILES string of the molecule is COC(=O)N1CCC(CCOC(c2ccccc2)c2ccccc2)CC1. The van der Waals surface area contributed by atoms with Crippen molar-refractivity contribution in [1.29, 1.82) is 0 Å². The molecule has 0 aliphatic carbocycles. The van der Waals surface area contributed by atoms with E-state index in [1.807, 2.05) is 12.1 Å². The molecule has 0 unspecified atom stereocenters. The van der Waals surface area contributed by atoms with Gasteiger partial charge in [-0.15, -0.1) is 0 Å². The maximum absolute atomic E-state index is 11.6. The minimum Gasteiger partial charge on any atom is -0.453 e. The van der Waals surface area contributed by atoms with Crippen LogP contribution >= 0.6 is 0 Å². The number of carbonyl (C=O) groups excluding carboxylic acids is 1. The highest BCUT2D eigenvalue weighted by Crippen LogP contribution is 2.27. The molecule has 4 nitrogen and oxygen atoms in total. The van der Waals surface area contributed by atoms with Crippen molar-refractivity contribution in [3.05, 3.63) is 71.8 Å². The first kappa shape index (κ1) is 18.5. The van der Waals surface area contributed by atoms with Crippen LogP contribution in [0.3, 0.4) is 0 Å². The highest BCUT2D eigenvalue weighted by Gasteiger charge is 2.23. The summed E-state index contributed by atoms with van der Waals surface area (Å²) in [7, 11) is 1.44. The Balaban J connectivity index is 1.54. The van der Waals surface area contributed by atoms with Gasteiger partial charge in [-0.25, -0.2) is 4.79 Å². The number of ether oxygens (including phenoxy) is 2. The number of hydrogen-bond acceptors (Lipinski definition) is 3. The monoisotopic (exact) mass is 353 g/mol. The van der Waals surface area contributed by atoms with E-state index in [1.165, 1.54) is 18.2 Å². The fourth-order valence-corrected chi connectivity index (χ4v) is 3.53. The Morgan fingerprint density at radius 2 is 1.54 bits per heavy atom. The van der Waals surface area contributed by atoms with Crippen molar-refractivity contribution in [3.63, 3.8) is 0 Å². The minimum atomic E-state index is -0.215. The number of nitrogens with zero attached hydrogens (tertiary/aromatic N) is 1. The summed E-state index contributed by atoms with van der Waals surface area (Å²) in [4.78, 5) is 13.4. The van der Waals surface area contributed by atoms with Crippen LogP contribution in [-0.2, 0) is 9.47 Å². The summed E-state index contributed by atoms with van der Waals surface area (Å²) in [5, 5.41) is 0. The molecule has 0 aromatic heterocycles. The molecule has 3 rings (SSSR count). The van der Waals surface area contributed by atoms with Crippen LogP contribution in [0.15, 0.2) is 60.7 Å². The van der Waals surface area contributed by atoms with E-state index >= 15 is 0 Å². The van der Waals surface area contributed by atoms with E-state index in [4.69, 9.17) is 9.47 Å². The minimum absolute atomic E-state index is 0.0347. The first-order valence-electron chi connectivity index (χ1n) is 9.32. The summed E-state index contributed by atoms with van der Waals surface area (Å²) in [6.07, 6.45) is 2.80. The molecule has 26 heavy (non-hydrogen) atoms. The molecule has 0 N–H and O–H groups in total. The molecule has 1 aliphatic rings. The number of methoxy groups -OCH3 is 1. The van der Waals surface area contributed by atoms with Gasteiger partial charge >= 0.3 is 6.09 Å². The highest BCUT2D eigenvalue weighted by molar-refractivity contribution is 5.67. The second kappa shape index (κ2) is 9.39. The second-order valence-electron chi connectivity index (χ2n) is 6.76. The van der Waals surface area contributed by atoms with Crippen LogP contribution in [0.4, 0.5) is 4.79 Å². The van der Waals surface area contributed by atoms with E-state index < -0.39 is 0 Å². The predicted molar refractivity (Wildman–Crippen MR) is 102 cm³/mol. The lowest BCUT2D eigenvalue weighted by molar-refractivity contribution is 0.0583. The smallest absolute Gasteiger partial charge is 0.409 e. The number of hydrogen-bond donors (Lipinski definition) is 0. The van der Waals surface area contributed by atoms with E-state index in [0.29, 0.717) is 5.92 Å². The number of rotatable bonds is 6. The molecule has 138 valence electrons. The van der Waals surface area contributed by atoms with Crippen molar-refractivity contribution < 1.29 is 14.3 Å². The molecule has 0 spiro atoms. The summed E-state index contributed by atoms with van der Waals surface area (Å²) >= 11 is 0. The molecule has 0 atom stereocenters. The van der Waals surface area contributed by atoms with Gasteiger partial charge in [-0.05, 0) is 36.3 Å². The molecular formula is C22H27NO3. The Morgan fingerprint density at radius 3 is 2.04 bits per heavy atom. The maximum atomic E-state index is 11.6. The lowest BCUT2D eigenvalue weighted by Crippen LogP contribution is -2.38. The quantitative estimate of drug-likeness (QED) is 0.758. The largest absolute Gasteiger partial charge is 0.453 e. The van der Waals surface area contributed by atoms with Crippen molar-refractivity contribution in [3.8, 4) is 0 Å². The maximum Gasteiger partial charge on any atom is 0.409 e. The van der Waals surface area contributed by atoms with Crippen LogP contribution in [0.1, 0.15) is 36.5 Å². The van der Waals surface area contributed by atoms with E-state index in [1.54, 1.807) is 4.90 Å². The van der Waals surface area contributed by atoms with Crippen molar-refractivity contribution >= 4 is 6.09 Å². The van der Waals surface area contributed by atoms with Crippen molar-refractivity contribution in [2.45, 2.75) is 25.4 Å². The number of amides is 1. The Hall–Kier alpha value is -2.33. The van der Waals surface area contributed by atoms with Crippen molar-refractivity contribution in [2.24, 2.45) is 5.92 Å². The third kappa shape index (κ3) is 4.85. The number of carbonyl (C=O) groups is 1. The van der Waals surface area contributed by atoms with Crippen LogP contribution in [0.2, 0.25) is 0 Å². The lowest BCUT2D eigenvalue weighted by Gasteiger charge is -2.31. The van der Waals surface area contributed by atoms with Crippen LogP contribution in [0.5, 0.6) is 0 Å². The summed E-state index contributed by atoms with van der Waals surface area (Å²) < 4.78 is 11.1. The number of likely N-dealkylation sites (tertiary alicyclic amines) is 1. The Morgan fingerprint density at radius 1 is 1.00 bits per heavy atom. The van der Waals surface area contributed by atoms with E-state index in [-0.39, 0.29) is 12.2 Å². The zero-order valence-electron chi connectivity index (χ0n) is 15.3. The molecule has 0 bridgehead atoms. The number of benzene rings is 2. The lowest BCUT2D eigenvalue weighted by atomic mass is 9.94. The molecule has 1 heterocycles. The second-order valence-corrected chi connectivity index (χ2v) is 6.76. The van der Waals surface area contributed by atoms with Crippen LogP contribution in [0.25, 0.3) is 0 Å². The zero-order valence-corrected chi connectivity index (χ0v) is 15.3. The zero-order chi connectivity index (χ0) is 18.2. The van der Waals surface area contributed by atoms with E-state index in [2.05, 4.69) is 48.5 Å². The van der Waals surface area contributed by atoms with Crippen molar-refractivity contribution in [2.75, 3.05) is 26.8 Å². The Bertz CT molecular complexity index is 627. The summed E-state index contributed by atoms with van der Waals surface area (Å²) in [6, 6.07) is 20.7.